The summed E-state index contributed by atoms with van der Waals surface area (Å²) in [5.41, 5.74) is 7.39. The van der Waals surface area contributed by atoms with Gasteiger partial charge in [-0.25, -0.2) is 0 Å². The Balaban J connectivity index is 0.00000108. The summed E-state index contributed by atoms with van der Waals surface area (Å²) in [6.07, 6.45) is 6.17. The zero-order valence-electron chi connectivity index (χ0n) is 9.72. The molecule has 2 aromatic heterocycles. The van der Waals surface area contributed by atoms with Gasteiger partial charge in [0.2, 0.25) is 0 Å². The molecule has 0 unspecified atom stereocenters. The number of nitrogens with zero attached hydrogens (tertiary/aromatic N) is 2. The summed E-state index contributed by atoms with van der Waals surface area (Å²) in [6, 6.07) is 1.97. The molecular formula is C12H16ClN3O. The number of fused-ring (bicyclic) bond motifs is 1. The minimum absolute atomic E-state index is 0. The number of aromatic nitrogens is 2. The third-order valence-electron chi connectivity index (χ3n) is 3.30. The standard InChI is InChI=1S/C12H15N3O.ClH/c1-14-7-9(13)11-10(14)4-5-15(12(11)16)6-8-2-3-8;/h4-5,7-8H,2-3,6,13H2,1H3;1H. The van der Waals surface area contributed by atoms with Gasteiger partial charge in [-0.1, -0.05) is 0 Å². The average Bonchev–Trinajstić information content (AvgIpc) is 2.99. The average molecular weight is 254 g/mol. The first-order valence-corrected chi connectivity index (χ1v) is 5.61. The fourth-order valence-electron chi connectivity index (χ4n) is 2.20. The smallest absolute Gasteiger partial charge is 0.262 e. The molecule has 4 nitrogen and oxygen atoms in total. The van der Waals surface area contributed by atoms with Gasteiger partial charge in [0.15, 0.2) is 0 Å². The number of halogens is 1. The minimum atomic E-state index is 0. The van der Waals surface area contributed by atoms with Crippen LogP contribution in [0, 0.1) is 5.92 Å². The van der Waals surface area contributed by atoms with E-state index < -0.39 is 0 Å². The summed E-state index contributed by atoms with van der Waals surface area (Å²) in [4.78, 5) is 12.2. The maximum absolute atomic E-state index is 12.2. The van der Waals surface area contributed by atoms with Gasteiger partial charge < -0.3 is 14.9 Å². The van der Waals surface area contributed by atoms with E-state index in [-0.39, 0.29) is 18.0 Å². The van der Waals surface area contributed by atoms with Crippen molar-refractivity contribution < 1.29 is 0 Å². The normalized spacial score (nSPS) is 14.9. The van der Waals surface area contributed by atoms with E-state index in [1.807, 2.05) is 23.9 Å². The highest BCUT2D eigenvalue weighted by atomic mass is 35.5. The van der Waals surface area contributed by atoms with Gasteiger partial charge in [0.05, 0.1) is 16.6 Å². The van der Waals surface area contributed by atoms with Crippen LogP contribution in [-0.4, -0.2) is 9.13 Å². The van der Waals surface area contributed by atoms with Crippen LogP contribution in [0.25, 0.3) is 10.9 Å². The summed E-state index contributed by atoms with van der Waals surface area (Å²) in [5, 5.41) is 0.658. The predicted octanol–water partition coefficient (Wildman–Crippen LogP) is 1.75. The van der Waals surface area contributed by atoms with Crippen LogP contribution in [0.4, 0.5) is 5.69 Å². The predicted molar refractivity (Wildman–Crippen MR) is 71.6 cm³/mol. The summed E-state index contributed by atoms with van der Waals surface area (Å²) < 4.78 is 3.68. The number of hydrogen-bond donors (Lipinski definition) is 1. The van der Waals surface area contributed by atoms with E-state index in [0.717, 1.165) is 12.1 Å². The first kappa shape index (κ1) is 12.0. The van der Waals surface area contributed by atoms with Gasteiger partial charge in [0.25, 0.3) is 5.56 Å². The van der Waals surface area contributed by atoms with E-state index in [4.69, 9.17) is 5.73 Å². The Bertz CT molecular complexity index is 610. The van der Waals surface area contributed by atoms with Crippen LogP contribution in [0.2, 0.25) is 0 Å². The van der Waals surface area contributed by atoms with Crippen molar-refractivity contribution in [1.82, 2.24) is 9.13 Å². The molecule has 0 aliphatic heterocycles. The Labute approximate surface area is 105 Å². The molecule has 0 spiro atoms. The molecule has 0 amide bonds. The van der Waals surface area contributed by atoms with Crippen molar-refractivity contribution in [3.63, 3.8) is 0 Å². The highest BCUT2D eigenvalue weighted by molar-refractivity contribution is 5.90. The number of pyridine rings is 1. The molecule has 0 radical (unpaired) electrons. The second-order valence-electron chi connectivity index (χ2n) is 4.67. The molecule has 0 atom stereocenters. The molecular weight excluding hydrogens is 238 g/mol. The maximum Gasteiger partial charge on any atom is 0.262 e. The first-order valence-electron chi connectivity index (χ1n) is 5.61. The first-order chi connectivity index (χ1) is 7.66. The molecule has 3 rings (SSSR count). The Morgan fingerprint density at radius 3 is 2.82 bits per heavy atom. The van der Waals surface area contributed by atoms with E-state index in [1.54, 1.807) is 10.8 Å². The topological polar surface area (TPSA) is 52.9 Å². The van der Waals surface area contributed by atoms with Gasteiger partial charge in [0, 0.05) is 26.0 Å². The molecule has 0 bridgehead atoms. The molecule has 1 saturated carbocycles. The van der Waals surface area contributed by atoms with Crippen LogP contribution in [0.3, 0.4) is 0 Å². The Kier molecular flexibility index (Phi) is 2.91. The van der Waals surface area contributed by atoms with Gasteiger partial charge in [-0.15, -0.1) is 12.4 Å². The molecule has 0 saturated heterocycles. The van der Waals surface area contributed by atoms with Crippen molar-refractivity contribution in [2.45, 2.75) is 19.4 Å². The third kappa shape index (κ3) is 1.93. The number of nitrogens with two attached hydrogens (primary N) is 1. The lowest BCUT2D eigenvalue weighted by Gasteiger charge is -2.04. The fraction of sp³-hybridized carbons (Fsp3) is 0.417. The van der Waals surface area contributed by atoms with Crippen LogP contribution in [-0.2, 0) is 13.6 Å². The molecule has 2 aromatic rings. The molecule has 5 heteroatoms. The van der Waals surface area contributed by atoms with Gasteiger partial charge >= 0.3 is 0 Å². The van der Waals surface area contributed by atoms with Gasteiger partial charge in [-0.05, 0) is 24.8 Å². The Morgan fingerprint density at radius 2 is 2.18 bits per heavy atom. The van der Waals surface area contributed by atoms with Crippen molar-refractivity contribution in [1.29, 1.82) is 0 Å². The minimum Gasteiger partial charge on any atom is -0.397 e. The van der Waals surface area contributed by atoms with Crippen LogP contribution < -0.4 is 11.3 Å². The van der Waals surface area contributed by atoms with Gasteiger partial charge in [-0.3, -0.25) is 4.79 Å². The molecule has 2 heterocycles. The van der Waals surface area contributed by atoms with Crippen LogP contribution in [0.15, 0.2) is 23.3 Å². The summed E-state index contributed by atoms with van der Waals surface area (Å²) in [6.45, 7) is 0.836. The SMILES string of the molecule is Cl.Cn1cc(N)c2c(=O)n(CC3CC3)ccc21. The van der Waals surface area contributed by atoms with Crippen LogP contribution in [0.5, 0.6) is 0 Å². The van der Waals surface area contributed by atoms with Crippen molar-refractivity contribution in [2.24, 2.45) is 13.0 Å². The zero-order valence-corrected chi connectivity index (χ0v) is 10.5. The van der Waals surface area contributed by atoms with Crippen LogP contribution in [0.1, 0.15) is 12.8 Å². The van der Waals surface area contributed by atoms with E-state index in [2.05, 4.69) is 0 Å². The molecule has 17 heavy (non-hydrogen) atoms. The summed E-state index contributed by atoms with van der Waals surface area (Å²) in [5.74, 6) is 0.695. The molecule has 0 aromatic carbocycles. The largest absolute Gasteiger partial charge is 0.397 e. The fourth-order valence-corrected chi connectivity index (χ4v) is 2.20. The molecule has 92 valence electrons. The monoisotopic (exact) mass is 253 g/mol. The summed E-state index contributed by atoms with van der Waals surface area (Å²) >= 11 is 0. The van der Waals surface area contributed by atoms with Crippen molar-refractivity contribution in [3.05, 3.63) is 28.8 Å². The number of hydrogen-bond acceptors (Lipinski definition) is 2. The Morgan fingerprint density at radius 1 is 1.47 bits per heavy atom. The molecule has 1 fully saturated rings. The van der Waals surface area contributed by atoms with Crippen LogP contribution >= 0.6 is 12.4 Å². The lowest BCUT2D eigenvalue weighted by Crippen LogP contribution is -2.20. The molecule has 2 N–H and O–H groups in total. The second kappa shape index (κ2) is 4.11. The third-order valence-corrected chi connectivity index (χ3v) is 3.30. The van der Waals surface area contributed by atoms with Gasteiger partial charge in [-0.2, -0.15) is 0 Å². The van der Waals surface area contributed by atoms with Crippen molar-refractivity contribution in [2.75, 3.05) is 5.73 Å². The Hall–Kier alpha value is -1.42. The van der Waals surface area contributed by atoms with E-state index in [9.17, 15) is 4.79 Å². The van der Waals surface area contributed by atoms with Crippen molar-refractivity contribution >= 4 is 29.0 Å². The molecule has 1 aliphatic rings. The summed E-state index contributed by atoms with van der Waals surface area (Å²) in [7, 11) is 1.91. The number of rotatable bonds is 2. The van der Waals surface area contributed by atoms with E-state index in [1.165, 1.54) is 12.8 Å². The van der Waals surface area contributed by atoms with E-state index >= 15 is 0 Å². The number of aryl methyl sites for hydroxylation is 1. The highest BCUT2D eigenvalue weighted by Gasteiger charge is 2.22. The van der Waals surface area contributed by atoms with Crippen molar-refractivity contribution in [3.8, 4) is 0 Å². The lowest BCUT2D eigenvalue weighted by molar-refractivity contribution is 0.610. The van der Waals surface area contributed by atoms with Gasteiger partial charge in [0.1, 0.15) is 0 Å². The second-order valence-corrected chi connectivity index (χ2v) is 4.67. The highest BCUT2D eigenvalue weighted by Crippen LogP contribution is 2.30. The maximum atomic E-state index is 12.2. The number of nitrogen functional groups attached to an aromatic ring is 1. The zero-order chi connectivity index (χ0) is 11.3. The lowest BCUT2D eigenvalue weighted by atomic mass is 10.3. The number of anilines is 1. The molecule has 1 aliphatic carbocycles. The quantitative estimate of drug-likeness (QED) is 0.887. The van der Waals surface area contributed by atoms with E-state index in [0.29, 0.717) is 17.0 Å².